The van der Waals surface area contributed by atoms with Crippen LogP contribution in [-0.2, 0) is 0 Å². The zero-order valence-electron chi connectivity index (χ0n) is 10.00. The number of rotatable bonds is 4. The molecular weight excluding hydrogens is 240 g/mol. The Morgan fingerprint density at radius 2 is 2.24 bits per heavy atom. The molecule has 94 valence electrons. The lowest BCUT2D eigenvalue weighted by atomic mass is 10.3. The molecule has 17 heavy (non-hydrogen) atoms. The number of carbonyl (C=O) groups excluding carboxylic acids is 1. The van der Waals surface area contributed by atoms with Crippen LogP contribution in [0.25, 0.3) is 0 Å². The minimum absolute atomic E-state index is 0. The molecule has 0 saturated carbocycles. The van der Waals surface area contributed by atoms with Crippen molar-refractivity contribution in [1.29, 1.82) is 0 Å². The van der Waals surface area contributed by atoms with Gasteiger partial charge in [-0.05, 0) is 12.1 Å². The van der Waals surface area contributed by atoms with Crippen LogP contribution in [0, 0.1) is 0 Å². The summed E-state index contributed by atoms with van der Waals surface area (Å²) in [5.74, 6) is 0.542. The van der Waals surface area contributed by atoms with E-state index in [0.717, 1.165) is 5.69 Å². The van der Waals surface area contributed by atoms with Gasteiger partial charge in [-0.25, -0.2) is 4.79 Å². The van der Waals surface area contributed by atoms with Gasteiger partial charge in [0.2, 0.25) is 0 Å². The molecule has 0 aliphatic rings. The second-order valence-corrected chi connectivity index (χ2v) is 3.59. The Kier molecular flexibility index (Phi) is 7.02. The average Bonchev–Trinajstić information content (AvgIpc) is 2.26. The van der Waals surface area contributed by atoms with E-state index < -0.39 is 6.09 Å². The van der Waals surface area contributed by atoms with Crippen molar-refractivity contribution >= 4 is 11.8 Å². The first kappa shape index (κ1) is 15.5. The third-order valence-corrected chi connectivity index (χ3v) is 2.01. The Hall–Kier alpha value is -1.52. The Balaban J connectivity index is 0.00000256. The van der Waals surface area contributed by atoms with E-state index in [1.165, 1.54) is 4.90 Å². The fourth-order valence-corrected chi connectivity index (χ4v) is 1.17. The highest BCUT2D eigenvalue weighted by Crippen LogP contribution is 2.14. The number of hydrogen-bond acceptors (Lipinski definition) is 2. The van der Waals surface area contributed by atoms with Crippen LogP contribution in [0.3, 0.4) is 0 Å². The highest BCUT2D eigenvalue weighted by molar-refractivity contribution is 5.70. The van der Waals surface area contributed by atoms with Crippen molar-refractivity contribution in [2.45, 2.75) is 0 Å². The second-order valence-electron chi connectivity index (χ2n) is 3.59. The fourth-order valence-electron chi connectivity index (χ4n) is 1.17. The number of nitrogens with one attached hydrogen (secondary N) is 2. The van der Waals surface area contributed by atoms with Crippen LogP contribution in [0.15, 0.2) is 36.9 Å². The molecule has 0 saturated heterocycles. The smallest absolute Gasteiger partial charge is 0.412 e. The molecule has 0 aliphatic heterocycles. The van der Waals surface area contributed by atoms with Gasteiger partial charge in [-0.1, -0.05) is 12.1 Å². The first-order valence-corrected chi connectivity index (χ1v) is 5.10. The molecule has 0 fully saturated rings. The minimum Gasteiger partial charge on any atom is -1.00 e. The summed E-state index contributed by atoms with van der Waals surface area (Å²) in [4.78, 5) is 12.4. The Morgan fingerprint density at radius 3 is 2.82 bits per heavy atom. The number of quaternary nitrogens is 1. The van der Waals surface area contributed by atoms with E-state index in [-0.39, 0.29) is 12.4 Å². The van der Waals surface area contributed by atoms with Crippen LogP contribution in [0.1, 0.15) is 0 Å². The molecule has 4 nitrogen and oxygen atoms in total. The topological polar surface area (TPSA) is 42.8 Å². The highest BCUT2D eigenvalue weighted by atomic mass is 35.5. The molecule has 0 bridgehead atoms. The van der Waals surface area contributed by atoms with E-state index in [9.17, 15) is 4.79 Å². The summed E-state index contributed by atoms with van der Waals surface area (Å²) in [6.45, 7) is 3.90. The van der Waals surface area contributed by atoms with Gasteiger partial charge in [0.15, 0.2) is 0 Å². The molecule has 1 aromatic carbocycles. The SMILES string of the molecule is C=CCNC(=O)Oc1cccc([NH+](C)C)c1.[Cl-]. The summed E-state index contributed by atoms with van der Waals surface area (Å²) in [6, 6.07) is 7.42. The largest absolute Gasteiger partial charge is 1.00 e. The van der Waals surface area contributed by atoms with Crippen LogP contribution in [0.4, 0.5) is 10.5 Å². The predicted octanol–water partition coefficient (Wildman–Crippen LogP) is -2.26. The maximum atomic E-state index is 11.3. The lowest BCUT2D eigenvalue weighted by Crippen LogP contribution is -3.00. The van der Waals surface area contributed by atoms with E-state index in [2.05, 4.69) is 11.9 Å². The number of carbonyl (C=O) groups is 1. The van der Waals surface area contributed by atoms with Crippen molar-refractivity contribution in [2.24, 2.45) is 0 Å². The van der Waals surface area contributed by atoms with E-state index in [1.54, 1.807) is 12.1 Å². The predicted molar refractivity (Wildman–Crippen MR) is 63.1 cm³/mol. The van der Waals surface area contributed by atoms with Crippen LogP contribution in [0.5, 0.6) is 5.75 Å². The summed E-state index contributed by atoms with van der Waals surface area (Å²) in [5, 5.41) is 2.54. The molecule has 0 aromatic heterocycles. The van der Waals surface area contributed by atoms with Gasteiger partial charge in [0.05, 0.1) is 14.1 Å². The molecule has 5 heteroatoms. The summed E-state index contributed by atoms with van der Waals surface area (Å²) >= 11 is 0. The standard InChI is InChI=1S/C12H16N2O2.ClH/c1-4-8-13-12(15)16-11-7-5-6-10(9-11)14(2)3;/h4-7,9H,1,8H2,2-3H3,(H,13,15);1H. The molecule has 2 N–H and O–H groups in total. The van der Waals surface area contributed by atoms with Crippen molar-refractivity contribution < 1.29 is 26.8 Å². The Morgan fingerprint density at radius 1 is 1.53 bits per heavy atom. The summed E-state index contributed by atoms with van der Waals surface area (Å²) in [5.41, 5.74) is 1.06. The number of amides is 1. The third kappa shape index (κ3) is 5.38. The molecule has 0 heterocycles. The number of ether oxygens (including phenoxy) is 1. The van der Waals surface area contributed by atoms with Gasteiger partial charge in [0.25, 0.3) is 0 Å². The zero-order chi connectivity index (χ0) is 12.0. The summed E-state index contributed by atoms with van der Waals surface area (Å²) in [7, 11) is 4.02. The van der Waals surface area contributed by atoms with Gasteiger partial charge >= 0.3 is 6.09 Å². The first-order valence-electron chi connectivity index (χ1n) is 5.10. The van der Waals surface area contributed by atoms with E-state index >= 15 is 0 Å². The monoisotopic (exact) mass is 256 g/mol. The van der Waals surface area contributed by atoms with E-state index in [0.29, 0.717) is 12.3 Å². The zero-order valence-corrected chi connectivity index (χ0v) is 10.8. The molecule has 0 atom stereocenters. The van der Waals surface area contributed by atoms with Crippen molar-refractivity contribution in [3.05, 3.63) is 36.9 Å². The molecule has 0 unspecified atom stereocenters. The van der Waals surface area contributed by atoms with Crippen LogP contribution >= 0.6 is 0 Å². The average molecular weight is 257 g/mol. The number of hydrogen-bond donors (Lipinski definition) is 2. The molecule has 0 spiro atoms. The molecule has 1 amide bonds. The summed E-state index contributed by atoms with van der Waals surface area (Å²) in [6.07, 6.45) is 1.13. The lowest BCUT2D eigenvalue weighted by molar-refractivity contribution is -0.786. The summed E-state index contributed by atoms with van der Waals surface area (Å²) < 4.78 is 5.10. The molecule has 0 radical (unpaired) electrons. The normalized spacial score (nSPS) is 9.35. The molecule has 0 aliphatic carbocycles. The van der Waals surface area contributed by atoms with E-state index in [4.69, 9.17) is 4.74 Å². The molecule has 1 aromatic rings. The molecule has 1 rings (SSSR count). The maximum absolute atomic E-state index is 11.3. The van der Waals surface area contributed by atoms with Crippen molar-refractivity contribution in [3.8, 4) is 5.75 Å². The van der Waals surface area contributed by atoms with Gasteiger partial charge < -0.3 is 27.4 Å². The van der Waals surface area contributed by atoms with Gasteiger partial charge in [0, 0.05) is 12.6 Å². The van der Waals surface area contributed by atoms with Crippen molar-refractivity contribution in [3.63, 3.8) is 0 Å². The maximum Gasteiger partial charge on any atom is 0.412 e. The van der Waals surface area contributed by atoms with Crippen LogP contribution in [-0.4, -0.2) is 26.7 Å². The minimum atomic E-state index is -0.467. The number of benzene rings is 1. The third-order valence-electron chi connectivity index (χ3n) is 2.01. The van der Waals surface area contributed by atoms with Gasteiger partial charge in [-0.2, -0.15) is 0 Å². The highest BCUT2D eigenvalue weighted by Gasteiger charge is 2.06. The van der Waals surface area contributed by atoms with E-state index in [1.807, 2.05) is 32.3 Å². The molecular formula is C12H17ClN2O2. The second kappa shape index (κ2) is 7.70. The van der Waals surface area contributed by atoms with Gasteiger partial charge in [0.1, 0.15) is 11.4 Å². The Labute approximate surface area is 108 Å². The van der Waals surface area contributed by atoms with Crippen LogP contribution < -0.4 is 27.4 Å². The van der Waals surface area contributed by atoms with Crippen molar-refractivity contribution in [2.75, 3.05) is 20.6 Å². The quantitative estimate of drug-likeness (QED) is 0.598. The number of halogens is 1. The lowest BCUT2D eigenvalue weighted by Gasteiger charge is -2.09. The van der Waals surface area contributed by atoms with Crippen molar-refractivity contribution in [1.82, 2.24) is 5.32 Å². The Bertz CT molecular complexity index is 381. The van der Waals surface area contributed by atoms with Gasteiger partial charge in [-0.15, -0.1) is 6.58 Å². The fraction of sp³-hybridized carbons (Fsp3) is 0.250. The first-order chi connectivity index (χ1) is 7.63. The van der Waals surface area contributed by atoms with Gasteiger partial charge in [-0.3, -0.25) is 0 Å². The van der Waals surface area contributed by atoms with Crippen LogP contribution in [0.2, 0.25) is 0 Å².